The first-order chi connectivity index (χ1) is 12.8. The fourth-order valence-corrected chi connectivity index (χ4v) is 3.06. The summed E-state index contributed by atoms with van der Waals surface area (Å²) in [7, 11) is 1.68. The molecular weight excluding hydrogens is 344 g/mol. The predicted octanol–water partition coefficient (Wildman–Crippen LogP) is 2.71. The van der Waals surface area contributed by atoms with E-state index in [2.05, 4.69) is 15.3 Å². The smallest absolute Gasteiger partial charge is 0.258 e. The Morgan fingerprint density at radius 2 is 1.96 bits per heavy atom. The monoisotopic (exact) mass is 366 g/mol. The standard InChI is InChI=1S/C20H22N4O3/c1-5-18(26)16-6-11(2)15(10-21-16)14-7-13-9-22-19(23-12(3)25)8-17(13)24(4)20(14)27/h6-10,18,26H,5H2,1-4H3,(H,22,23,25)/t18-/m1/s1. The molecule has 27 heavy (non-hydrogen) atoms. The van der Waals surface area contributed by atoms with Gasteiger partial charge in [0.05, 0.1) is 17.3 Å². The van der Waals surface area contributed by atoms with Crippen molar-refractivity contribution in [3.8, 4) is 11.1 Å². The Kier molecular flexibility index (Phi) is 5.05. The van der Waals surface area contributed by atoms with E-state index in [-0.39, 0.29) is 11.5 Å². The molecule has 1 amide bonds. The number of aryl methyl sites for hydroxylation is 2. The third kappa shape index (κ3) is 3.59. The van der Waals surface area contributed by atoms with E-state index in [1.165, 1.54) is 11.5 Å². The molecule has 3 aromatic heterocycles. The molecule has 3 heterocycles. The molecule has 0 saturated carbocycles. The van der Waals surface area contributed by atoms with E-state index in [0.29, 0.717) is 29.0 Å². The third-order valence-corrected chi connectivity index (χ3v) is 4.56. The van der Waals surface area contributed by atoms with Crippen LogP contribution in [-0.4, -0.2) is 25.5 Å². The van der Waals surface area contributed by atoms with Crippen LogP contribution in [0.25, 0.3) is 22.0 Å². The zero-order chi connectivity index (χ0) is 19.7. The summed E-state index contributed by atoms with van der Waals surface area (Å²) in [5.74, 6) is 0.174. The van der Waals surface area contributed by atoms with Crippen LogP contribution < -0.4 is 10.9 Å². The van der Waals surface area contributed by atoms with E-state index in [9.17, 15) is 14.7 Å². The Morgan fingerprint density at radius 3 is 2.59 bits per heavy atom. The second-order valence-electron chi connectivity index (χ2n) is 6.58. The highest BCUT2D eigenvalue weighted by molar-refractivity contribution is 5.91. The van der Waals surface area contributed by atoms with Gasteiger partial charge in [0.2, 0.25) is 5.91 Å². The van der Waals surface area contributed by atoms with Crippen molar-refractivity contribution in [1.82, 2.24) is 14.5 Å². The lowest BCUT2D eigenvalue weighted by atomic mass is 10.0. The summed E-state index contributed by atoms with van der Waals surface area (Å²) >= 11 is 0. The summed E-state index contributed by atoms with van der Waals surface area (Å²) in [5, 5.41) is 13.4. The number of amides is 1. The molecule has 140 valence electrons. The highest BCUT2D eigenvalue weighted by Crippen LogP contribution is 2.26. The number of anilines is 1. The topological polar surface area (TPSA) is 97.1 Å². The van der Waals surface area contributed by atoms with Crippen LogP contribution in [0.4, 0.5) is 5.82 Å². The molecule has 0 radical (unpaired) electrons. The van der Waals surface area contributed by atoms with Gasteiger partial charge in [-0.25, -0.2) is 4.98 Å². The second kappa shape index (κ2) is 7.28. The third-order valence-electron chi connectivity index (χ3n) is 4.56. The van der Waals surface area contributed by atoms with Gasteiger partial charge in [0.15, 0.2) is 0 Å². The number of aromatic nitrogens is 3. The molecule has 0 aliphatic heterocycles. The Bertz CT molecular complexity index is 1090. The summed E-state index contributed by atoms with van der Waals surface area (Å²) in [6.07, 6.45) is 3.21. The molecule has 0 aliphatic carbocycles. The maximum Gasteiger partial charge on any atom is 0.258 e. The molecule has 3 aromatic rings. The van der Waals surface area contributed by atoms with Crippen molar-refractivity contribution >= 4 is 22.6 Å². The molecule has 1 atom stereocenters. The van der Waals surface area contributed by atoms with Gasteiger partial charge in [0.25, 0.3) is 5.56 Å². The summed E-state index contributed by atoms with van der Waals surface area (Å²) < 4.78 is 1.53. The van der Waals surface area contributed by atoms with E-state index >= 15 is 0 Å². The van der Waals surface area contributed by atoms with Crippen LogP contribution >= 0.6 is 0 Å². The summed E-state index contributed by atoms with van der Waals surface area (Å²) in [6, 6.07) is 5.27. The van der Waals surface area contributed by atoms with Gasteiger partial charge >= 0.3 is 0 Å². The molecule has 0 bridgehead atoms. The van der Waals surface area contributed by atoms with Crippen molar-refractivity contribution in [1.29, 1.82) is 0 Å². The number of pyridine rings is 3. The fourth-order valence-electron chi connectivity index (χ4n) is 3.06. The molecular formula is C20H22N4O3. The van der Waals surface area contributed by atoms with Gasteiger partial charge in [-0.15, -0.1) is 0 Å². The molecule has 0 spiro atoms. The Hall–Kier alpha value is -3.06. The Balaban J connectivity index is 2.15. The van der Waals surface area contributed by atoms with Gasteiger partial charge in [-0.2, -0.15) is 0 Å². The van der Waals surface area contributed by atoms with Crippen molar-refractivity contribution in [2.24, 2.45) is 7.05 Å². The van der Waals surface area contributed by atoms with Crippen molar-refractivity contribution in [2.45, 2.75) is 33.3 Å². The zero-order valence-corrected chi connectivity index (χ0v) is 15.8. The van der Waals surface area contributed by atoms with Gasteiger partial charge < -0.3 is 15.0 Å². The van der Waals surface area contributed by atoms with Crippen LogP contribution in [0.2, 0.25) is 0 Å². The number of carbonyl (C=O) groups excluding carboxylic acids is 1. The van der Waals surface area contributed by atoms with E-state index in [0.717, 1.165) is 16.5 Å². The highest BCUT2D eigenvalue weighted by atomic mass is 16.3. The number of aliphatic hydroxyl groups excluding tert-OH is 1. The van der Waals surface area contributed by atoms with Crippen molar-refractivity contribution in [3.05, 3.63) is 52.2 Å². The molecule has 0 aromatic carbocycles. The van der Waals surface area contributed by atoms with E-state index in [1.54, 1.807) is 31.6 Å². The van der Waals surface area contributed by atoms with Gasteiger partial charge in [-0.3, -0.25) is 14.6 Å². The highest BCUT2D eigenvalue weighted by Gasteiger charge is 2.15. The second-order valence-corrected chi connectivity index (χ2v) is 6.58. The van der Waals surface area contributed by atoms with Crippen molar-refractivity contribution < 1.29 is 9.90 Å². The first kappa shape index (κ1) is 18.7. The molecule has 0 unspecified atom stereocenters. The number of fused-ring (bicyclic) bond motifs is 1. The SMILES string of the molecule is CC[C@@H](O)c1cc(C)c(-c2cc3cnc(NC(C)=O)cc3n(C)c2=O)cn1. The van der Waals surface area contributed by atoms with Crippen LogP contribution in [0.15, 0.2) is 35.4 Å². The largest absolute Gasteiger partial charge is 0.387 e. The van der Waals surface area contributed by atoms with E-state index in [4.69, 9.17) is 0 Å². The van der Waals surface area contributed by atoms with Crippen LogP contribution in [0.1, 0.15) is 37.6 Å². The first-order valence-electron chi connectivity index (χ1n) is 8.74. The number of nitrogens with zero attached hydrogens (tertiary/aromatic N) is 3. The molecule has 3 rings (SSSR count). The first-order valence-corrected chi connectivity index (χ1v) is 8.74. The average molecular weight is 366 g/mol. The number of aliphatic hydroxyl groups is 1. The average Bonchev–Trinajstić information content (AvgIpc) is 2.64. The van der Waals surface area contributed by atoms with Crippen LogP contribution in [0.5, 0.6) is 0 Å². The molecule has 0 saturated heterocycles. The number of hydrogen-bond donors (Lipinski definition) is 2. The van der Waals surface area contributed by atoms with Gasteiger partial charge in [0, 0.05) is 48.9 Å². The van der Waals surface area contributed by atoms with Crippen LogP contribution in [0.3, 0.4) is 0 Å². The maximum atomic E-state index is 12.9. The Labute approximate surface area is 156 Å². The normalized spacial score (nSPS) is 12.2. The van der Waals surface area contributed by atoms with E-state index < -0.39 is 6.10 Å². The van der Waals surface area contributed by atoms with E-state index in [1.807, 2.05) is 19.9 Å². The summed E-state index contributed by atoms with van der Waals surface area (Å²) in [5.41, 5.74) is 3.20. The van der Waals surface area contributed by atoms with Crippen LogP contribution in [0, 0.1) is 6.92 Å². The molecule has 2 N–H and O–H groups in total. The number of nitrogens with one attached hydrogen (secondary N) is 1. The minimum atomic E-state index is -0.617. The predicted molar refractivity (Wildman–Crippen MR) is 105 cm³/mol. The lowest BCUT2D eigenvalue weighted by Gasteiger charge is -2.13. The molecule has 7 heteroatoms. The number of hydrogen-bond acceptors (Lipinski definition) is 5. The zero-order valence-electron chi connectivity index (χ0n) is 15.8. The van der Waals surface area contributed by atoms with Crippen molar-refractivity contribution in [2.75, 3.05) is 5.32 Å². The number of rotatable bonds is 4. The summed E-state index contributed by atoms with van der Waals surface area (Å²) in [4.78, 5) is 32.7. The quantitative estimate of drug-likeness (QED) is 0.740. The minimum absolute atomic E-state index is 0.170. The fraction of sp³-hybridized carbons (Fsp3) is 0.300. The molecule has 0 fully saturated rings. The summed E-state index contributed by atoms with van der Waals surface area (Å²) in [6.45, 7) is 5.18. The minimum Gasteiger partial charge on any atom is -0.387 e. The number of carbonyl (C=O) groups is 1. The molecule has 7 nitrogen and oxygen atoms in total. The van der Waals surface area contributed by atoms with Gasteiger partial charge in [-0.1, -0.05) is 6.92 Å². The Morgan fingerprint density at radius 1 is 1.22 bits per heavy atom. The molecule has 0 aliphatic rings. The maximum absolute atomic E-state index is 12.9. The lowest BCUT2D eigenvalue weighted by Crippen LogP contribution is -2.20. The van der Waals surface area contributed by atoms with Gasteiger partial charge in [0.1, 0.15) is 5.82 Å². The van der Waals surface area contributed by atoms with Crippen molar-refractivity contribution in [3.63, 3.8) is 0 Å². The van der Waals surface area contributed by atoms with Gasteiger partial charge in [-0.05, 0) is 31.0 Å². The lowest BCUT2D eigenvalue weighted by molar-refractivity contribution is -0.114. The van der Waals surface area contributed by atoms with Crippen LogP contribution in [-0.2, 0) is 11.8 Å².